The summed E-state index contributed by atoms with van der Waals surface area (Å²) in [4.78, 5) is 28.5. The van der Waals surface area contributed by atoms with Crippen LogP contribution in [0.1, 0.15) is 17.3 Å². The fourth-order valence-electron chi connectivity index (χ4n) is 3.30. The number of pyridine rings is 1. The average molecular weight is 450 g/mol. The number of carbonyl (C=O) groups excluding carboxylic acids is 2. The van der Waals surface area contributed by atoms with Gasteiger partial charge in [0.05, 0.1) is 21.3 Å². The van der Waals surface area contributed by atoms with E-state index in [1.54, 1.807) is 36.5 Å². The number of halogens is 2. The van der Waals surface area contributed by atoms with Crippen LogP contribution >= 0.6 is 23.2 Å². The van der Waals surface area contributed by atoms with Crippen molar-refractivity contribution in [2.24, 2.45) is 0 Å². The summed E-state index contributed by atoms with van der Waals surface area (Å²) in [5.74, 6) is -0.595. The number of nitrogens with zero attached hydrogens (tertiary/aromatic N) is 1. The minimum absolute atomic E-state index is 0.219. The second kappa shape index (κ2) is 8.76. The molecule has 0 saturated heterocycles. The highest BCUT2D eigenvalue weighted by atomic mass is 35.5. The van der Waals surface area contributed by atoms with Gasteiger partial charge in [0.1, 0.15) is 0 Å². The summed E-state index contributed by atoms with van der Waals surface area (Å²) in [6, 6.07) is 19.8. The van der Waals surface area contributed by atoms with E-state index in [1.165, 1.54) is 13.0 Å². The molecule has 0 fully saturated rings. The van der Waals surface area contributed by atoms with E-state index in [0.29, 0.717) is 22.0 Å². The van der Waals surface area contributed by atoms with Gasteiger partial charge in [-0.3, -0.25) is 14.6 Å². The first kappa shape index (κ1) is 20.8. The zero-order valence-corrected chi connectivity index (χ0v) is 18.0. The van der Waals surface area contributed by atoms with Gasteiger partial charge in [-0.2, -0.15) is 0 Å². The van der Waals surface area contributed by atoms with E-state index < -0.39 is 0 Å². The largest absolute Gasteiger partial charge is 0.326 e. The molecule has 3 aromatic carbocycles. The molecule has 0 saturated carbocycles. The Kier molecular flexibility index (Phi) is 5.89. The molecule has 0 atom stereocenters. The molecule has 0 aliphatic carbocycles. The zero-order chi connectivity index (χ0) is 22.0. The van der Waals surface area contributed by atoms with Crippen LogP contribution in [0.5, 0.6) is 0 Å². The van der Waals surface area contributed by atoms with Crippen molar-refractivity contribution < 1.29 is 9.59 Å². The highest BCUT2D eigenvalue weighted by molar-refractivity contribution is 6.35. The first-order valence-corrected chi connectivity index (χ1v) is 10.2. The minimum Gasteiger partial charge on any atom is -0.326 e. The van der Waals surface area contributed by atoms with Crippen molar-refractivity contribution in [2.45, 2.75) is 6.92 Å². The topological polar surface area (TPSA) is 71.1 Å². The molecule has 1 aromatic heterocycles. The van der Waals surface area contributed by atoms with Crippen molar-refractivity contribution >= 4 is 57.2 Å². The van der Waals surface area contributed by atoms with E-state index in [-0.39, 0.29) is 22.4 Å². The highest BCUT2D eigenvalue weighted by Crippen LogP contribution is 2.34. The van der Waals surface area contributed by atoms with Crippen molar-refractivity contribution in [1.29, 1.82) is 0 Å². The van der Waals surface area contributed by atoms with Crippen molar-refractivity contribution in [1.82, 2.24) is 4.98 Å². The van der Waals surface area contributed by atoms with E-state index in [0.717, 1.165) is 16.5 Å². The fraction of sp³-hybridized carbons (Fsp3) is 0.0417. The molecule has 2 N–H and O–H groups in total. The third-order valence-corrected chi connectivity index (χ3v) is 5.33. The summed E-state index contributed by atoms with van der Waals surface area (Å²) < 4.78 is 0. The third-order valence-electron chi connectivity index (χ3n) is 4.69. The summed E-state index contributed by atoms with van der Waals surface area (Å²) in [5.41, 5.74) is 2.81. The van der Waals surface area contributed by atoms with E-state index in [1.807, 2.05) is 30.3 Å². The van der Waals surface area contributed by atoms with Crippen LogP contribution in [0.15, 0.2) is 72.9 Å². The molecule has 7 heteroatoms. The van der Waals surface area contributed by atoms with Crippen LogP contribution in [0, 0.1) is 0 Å². The zero-order valence-electron chi connectivity index (χ0n) is 16.4. The number of benzene rings is 3. The van der Waals surface area contributed by atoms with E-state index in [9.17, 15) is 9.59 Å². The minimum atomic E-state index is -0.376. The van der Waals surface area contributed by atoms with Gasteiger partial charge in [-0.05, 0) is 47.9 Å². The molecule has 0 bridgehead atoms. The molecule has 5 nitrogen and oxygen atoms in total. The number of aromatic nitrogens is 1. The molecule has 4 aromatic rings. The molecule has 0 aliphatic rings. The molecule has 154 valence electrons. The van der Waals surface area contributed by atoms with Crippen molar-refractivity contribution in [3.05, 3.63) is 88.5 Å². The van der Waals surface area contributed by atoms with Gasteiger partial charge in [-0.1, -0.05) is 47.5 Å². The Morgan fingerprint density at radius 2 is 1.58 bits per heavy atom. The van der Waals surface area contributed by atoms with Crippen molar-refractivity contribution in [3.63, 3.8) is 0 Å². The molecule has 0 unspecified atom stereocenters. The summed E-state index contributed by atoms with van der Waals surface area (Å²) >= 11 is 12.7. The van der Waals surface area contributed by atoms with Crippen LogP contribution in [0.2, 0.25) is 10.0 Å². The number of rotatable bonds is 4. The molecular formula is C24H17Cl2N3O2. The smallest absolute Gasteiger partial charge is 0.257 e. The molecule has 0 radical (unpaired) electrons. The highest BCUT2D eigenvalue weighted by Gasteiger charge is 2.14. The summed E-state index contributed by atoms with van der Waals surface area (Å²) in [6.45, 7) is 1.40. The standard InChI is InChI=1S/C24H17Cl2N3O2/c1-14(30)28-17-6-8-19(22(26)13-17)24(31)29-16-7-9-21(25)20(12-16)23-18-5-3-2-4-15(18)10-11-27-23/h2-13H,1H3,(H,28,30)(H,29,31). The van der Waals surface area contributed by atoms with Crippen LogP contribution in [-0.2, 0) is 4.79 Å². The van der Waals surface area contributed by atoms with Crippen LogP contribution in [0.25, 0.3) is 22.0 Å². The molecule has 2 amide bonds. The number of hydrogen-bond acceptors (Lipinski definition) is 3. The average Bonchev–Trinajstić information content (AvgIpc) is 2.74. The van der Waals surface area contributed by atoms with Gasteiger partial charge in [0, 0.05) is 35.4 Å². The van der Waals surface area contributed by atoms with Gasteiger partial charge < -0.3 is 10.6 Å². The first-order valence-electron chi connectivity index (χ1n) is 9.44. The van der Waals surface area contributed by atoms with Crippen molar-refractivity contribution in [2.75, 3.05) is 10.6 Å². The predicted molar refractivity (Wildman–Crippen MR) is 126 cm³/mol. The number of amides is 2. The number of hydrogen-bond donors (Lipinski definition) is 2. The molecule has 0 spiro atoms. The Bertz CT molecular complexity index is 1320. The number of carbonyl (C=O) groups is 2. The number of anilines is 2. The van der Waals surface area contributed by atoms with E-state index in [4.69, 9.17) is 23.2 Å². The van der Waals surface area contributed by atoms with Crippen LogP contribution in [0.4, 0.5) is 11.4 Å². The summed E-state index contributed by atoms with van der Waals surface area (Å²) in [7, 11) is 0. The monoisotopic (exact) mass is 449 g/mol. The van der Waals surface area contributed by atoms with Gasteiger partial charge in [0.2, 0.25) is 5.91 Å². The Labute approximate surface area is 189 Å². The van der Waals surface area contributed by atoms with Crippen LogP contribution in [0.3, 0.4) is 0 Å². The normalized spacial score (nSPS) is 10.7. The first-order chi connectivity index (χ1) is 14.9. The summed E-state index contributed by atoms with van der Waals surface area (Å²) in [6.07, 6.45) is 1.73. The lowest BCUT2D eigenvalue weighted by atomic mass is 10.0. The number of fused-ring (bicyclic) bond motifs is 1. The Balaban J connectivity index is 1.65. The maximum atomic E-state index is 12.8. The van der Waals surface area contributed by atoms with E-state index in [2.05, 4.69) is 15.6 Å². The molecule has 31 heavy (non-hydrogen) atoms. The van der Waals surface area contributed by atoms with Gasteiger partial charge >= 0.3 is 0 Å². The van der Waals surface area contributed by atoms with Crippen LogP contribution < -0.4 is 10.6 Å². The number of nitrogens with one attached hydrogen (secondary N) is 2. The van der Waals surface area contributed by atoms with E-state index >= 15 is 0 Å². The maximum absolute atomic E-state index is 12.8. The lowest BCUT2D eigenvalue weighted by Crippen LogP contribution is -2.13. The van der Waals surface area contributed by atoms with Crippen LogP contribution in [-0.4, -0.2) is 16.8 Å². The van der Waals surface area contributed by atoms with Crippen molar-refractivity contribution in [3.8, 4) is 11.3 Å². The maximum Gasteiger partial charge on any atom is 0.257 e. The Morgan fingerprint density at radius 3 is 2.35 bits per heavy atom. The second-order valence-corrected chi connectivity index (χ2v) is 7.72. The summed E-state index contributed by atoms with van der Waals surface area (Å²) in [5, 5.41) is 8.25. The van der Waals surface area contributed by atoms with Gasteiger partial charge in [-0.25, -0.2) is 0 Å². The lowest BCUT2D eigenvalue weighted by Gasteiger charge is -2.12. The quantitative estimate of drug-likeness (QED) is 0.377. The predicted octanol–water partition coefficient (Wildman–Crippen LogP) is 6.42. The Morgan fingerprint density at radius 1 is 0.839 bits per heavy atom. The van der Waals surface area contributed by atoms with Gasteiger partial charge in [0.25, 0.3) is 5.91 Å². The van der Waals surface area contributed by atoms with Gasteiger partial charge in [-0.15, -0.1) is 0 Å². The second-order valence-electron chi connectivity index (χ2n) is 6.91. The van der Waals surface area contributed by atoms with Gasteiger partial charge in [0.15, 0.2) is 0 Å². The molecular weight excluding hydrogens is 433 g/mol. The molecule has 4 rings (SSSR count). The fourth-order valence-corrected chi connectivity index (χ4v) is 3.77. The molecule has 0 aliphatic heterocycles. The Hall–Kier alpha value is -3.41. The molecule has 1 heterocycles. The SMILES string of the molecule is CC(=O)Nc1ccc(C(=O)Nc2ccc(Cl)c(-c3nccc4ccccc34)c2)c(Cl)c1. The third kappa shape index (κ3) is 4.53. The lowest BCUT2D eigenvalue weighted by molar-refractivity contribution is -0.114.